The fourth-order valence-corrected chi connectivity index (χ4v) is 3.07. The third-order valence-electron chi connectivity index (χ3n) is 3.50. The van der Waals surface area contributed by atoms with Crippen molar-refractivity contribution in [1.82, 2.24) is 19.7 Å². The van der Waals surface area contributed by atoms with Gasteiger partial charge in [-0.05, 0) is 25.3 Å². The number of likely N-dealkylation sites (tertiary alicyclic amines) is 1. The number of piperidine rings is 1. The summed E-state index contributed by atoms with van der Waals surface area (Å²) >= 11 is 1.46. The molecule has 1 amide bonds. The normalized spacial score (nSPS) is 19.6. The number of thiazole rings is 1. The Hall–Kier alpha value is -1.69. The average Bonchev–Trinajstić information content (AvgIpc) is 3.11. The lowest BCUT2D eigenvalue weighted by molar-refractivity contribution is 0.0578. The van der Waals surface area contributed by atoms with Crippen molar-refractivity contribution in [3.63, 3.8) is 0 Å². The minimum Gasteiger partial charge on any atom is -0.332 e. The Bertz CT molecular complexity index is 523. The molecule has 1 saturated heterocycles. The second kappa shape index (κ2) is 5.52. The number of carbonyl (C=O) groups is 1. The van der Waals surface area contributed by atoms with Crippen LogP contribution in [0.15, 0.2) is 29.4 Å². The van der Waals surface area contributed by atoms with E-state index in [0.29, 0.717) is 5.69 Å². The van der Waals surface area contributed by atoms with Crippen LogP contribution in [0.2, 0.25) is 0 Å². The molecule has 1 fully saturated rings. The Balaban J connectivity index is 1.75. The summed E-state index contributed by atoms with van der Waals surface area (Å²) in [5, 5.41) is 6.05. The van der Waals surface area contributed by atoms with Gasteiger partial charge in [0.1, 0.15) is 5.69 Å². The Morgan fingerprint density at radius 1 is 1.47 bits per heavy atom. The molecular weight excluding hydrogens is 260 g/mol. The first-order valence-corrected chi connectivity index (χ1v) is 7.45. The molecule has 1 aliphatic rings. The first-order valence-electron chi connectivity index (χ1n) is 6.51. The summed E-state index contributed by atoms with van der Waals surface area (Å²) in [6.07, 6.45) is 7.00. The third kappa shape index (κ3) is 2.68. The lowest BCUT2D eigenvalue weighted by atomic mass is 10.0. The second-order valence-electron chi connectivity index (χ2n) is 4.75. The van der Waals surface area contributed by atoms with Crippen molar-refractivity contribution in [2.24, 2.45) is 0 Å². The fraction of sp³-hybridized carbons (Fsp3) is 0.462. The zero-order valence-electron chi connectivity index (χ0n) is 10.6. The van der Waals surface area contributed by atoms with Crippen LogP contribution in [0.3, 0.4) is 0 Å². The van der Waals surface area contributed by atoms with E-state index < -0.39 is 0 Å². The van der Waals surface area contributed by atoms with Gasteiger partial charge in [-0.2, -0.15) is 5.10 Å². The van der Waals surface area contributed by atoms with Crippen molar-refractivity contribution in [3.8, 4) is 0 Å². The molecule has 0 saturated carbocycles. The van der Waals surface area contributed by atoms with Crippen LogP contribution in [-0.4, -0.2) is 38.2 Å². The van der Waals surface area contributed by atoms with E-state index in [9.17, 15) is 4.79 Å². The summed E-state index contributed by atoms with van der Waals surface area (Å²) < 4.78 is 1.90. The van der Waals surface area contributed by atoms with E-state index in [1.807, 2.05) is 27.2 Å². The molecular formula is C13H16N4OS. The van der Waals surface area contributed by atoms with Gasteiger partial charge in [-0.1, -0.05) is 0 Å². The Kier molecular flexibility index (Phi) is 3.59. The van der Waals surface area contributed by atoms with Crippen LogP contribution in [0, 0.1) is 0 Å². The highest BCUT2D eigenvalue weighted by Crippen LogP contribution is 2.21. The fourth-order valence-electron chi connectivity index (χ4n) is 2.55. The first kappa shape index (κ1) is 12.3. The Labute approximate surface area is 115 Å². The topological polar surface area (TPSA) is 51.0 Å². The number of hydrogen-bond donors (Lipinski definition) is 0. The van der Waals surface area contributed by atoms with Crippen LogP contribution in [0.4, 0.5) is 0 Å². The maximum absolute atomic E-state index is 12.4. The molecule has 0 spiro atoms. The maximum atomic E-state index is 12.4. The summed E-state index contributed by atoms with van der Waals surface area (Å²) in [5.41, 5.74) is 2.28. The van der Waals surface area contributed by atoms with Crippen LogP contribution in [0.1, 0.15) is 29.8 Å². The Morgan fingerprint density at radius 3 is 3.16 bits per heavy atom. The number of amides is 1. The van der Waals surface area contributed by atoms with Crippen molar-refractivity contribution in [3.05, 3.63) is 35.0 Å². The van der Waals surface area contributed by atoms with Gasteiger partial charge in [0.25, 0.3) is 5.91 Å². The van der Waals surface area contributed by atoms with Crippen LogP contribution >= 0.6 is 11.3 Å². The molecule has 100 valence electrons. The van der Waals surface area contributed by atoms with E-state index in [-0.39, 0.29) is 11.9 Å². The molecule has 2 aromatic rings. The zero-order chi connectivity index (χ0) is 13.1. The Morgan fingerprint density at radius 2 is 2.42 bits per heavy atom. The highest BCUT2D eigenvalue weighted by atomic mass is 32.1. The predicted molar refractivity (Wildman–Crippen MR) is 73.0 cm³/mol. The summed E-state index contributed by atoms with van der Waals surface area (Å²) in [4.78, 5) is 18.5. The standard InChI is InChI=1S/C13H16N4OS/c18-13(12-9-19-10-14-12)17-7-2-1-4-11(17)8-16-6-3-5-15-16/h3,5-6,9-11H,1-2,4,7-8H2/t11-/m0/s1. The van der Waals surface area contributed by atoms with Crippen molar-refractivity contribution in [2.75, 3.05) is 6.54 Å². The molecule has 6 heteroatoms. The zero-order valence-corrected chi connectivity index (χ0v) is 11.4. The smallest absolute Gasteiger partial charge is 0.273 e. The molecule has 0 aliphatic carbocycles. The molecule has 19 heavy (non-hydrogen) atoms. The van der Waals surface area contributed by atoms with Gasteiger partial charge in [0, 0.05) is 24.3 Å². The number of carbonyl (C=O) groups excluding carboxylic acids is 1. The molecule has 2 aromatic heterocycles. The molecule has 0 radical (unpaired) electrons. The lowest BCUT2D eigenvalue weighted by Crippen LogP contribution is -2.46. The maximum Gasteiger partial charge on any atom is 0.273 e. The van der Waals surface area contributed by atoms with Crippen LogP contribution in [0.5, 0.6) is 0 Å². The average molecular weight is 276 g/mol. The lowest BCUT2D eigenvalue weighted by Gasteiger charge is -2.35. The van der Waals surface area contributed by atoms with Gasteiger partial charge >= 0.3 is 0 Å². The van der Waals surface area contributed by atoms with Crippen molar-refractivity contribution < 1.29 is 4.79 Å². The number of nitrogens with zero attached hydrogens (tertiary/aromatic N) is 4. The molecule has 3 heterocycles. The van der Waals surface area contributed by atoms with E-state index in [1.165, 1.54) is 17.8 Å². The van der Waals surface area contributed by atoms with E-state index in [4.69, 9.17) is 0 Å². The predicted octanol–water partition coefficient (Wildman–Crippen LogP) is 2.03. The van der Waals surface area contributed by atoms with Crippen molar-refractivity contribution >= 4 is 17.2 Å². The van der Waals surface area contributed by atoms with Crippen LogP contribution < -0.4 is 0 Å². The van der Waals surface area contributed by atoms with Gasteiger partial charge in [-0.3, -0.25) is 9.48 Å². The van der Waals surface area contributed by atoms with E-state index in [1.54, 1.807) is 11.7 Å². The number of rotatable bonds is 3. The highest BCUT2D eigenvalue weighted by Gasteiger charge is 2.28. The third-order valence-corrected chi connectivity index (χ3v) is 4.08. The summed E-state index contributed by atoms with van der Waals surface area (Å²) in [6.45, 7) is 1.59. The van der Waals surface area contributed by atoms with Crippen molar-refractivity contribution in [1.29, 1.82) is 0 Å². The monoisotopic (exact) mass is 276 g/mol. The molecule has 1 atom stereocenters. The molecule has 0 aromatic carbocycles. The van der Waals surface area contributed by atoms with E-state index in [2.05, 4.69) is 10.1 Å². The van der Waals surface area contributed by atoms with Gasteiger partial charge in [0.15, 0.2) is 0 Å². The molecule has 0 unspecified atom stereocenters. The van der Waals surface area contributed by atoms with E-state index >= 15 is 0 Å². The first-order chi connectivity index (χ1) is 9.34. The largest absolute Gasteiger partial charge is 0.332 e. The van der Waals surface area contributed by atoms with Gasteiger partial charge in [-0.25, -0.2) is 4.98 Å². The highest BCUT2D eigenvalue weighted by molar-refractivity contribution is 7.07. The van der Waals surface area contributed by atoms with E-state index in [0.717, 1.165) is 25.9 Å². The van der Waals surface area contributed by atoms with Gasteiger partial charge in [-0.15, -0.1) is 11.3 Å². The van der Waals surface area contributed by atoms with Gasteiger partial charge in [0.05, 0.1) is 18.1 Å². The number of aromatic nitrogens is 3. The van der Waals surface area contributed by atoms with Crippen LogP contribution in [-0.2, 0) is 6.54 Å². The summed E-state index contributed by atoms with van der Waals surface area (Å²) in [6, 6.07) is 2.14. The second-order valence-corrected chi connectivity index (χ2v) is 5.47. The van der Waals surface area contributed by atoms with Crippen molar-refractivity contribution in [2.45, 2.75) is 31.8 Å². The number of hydrogen-bond acceptors (Lipinski definition) is 4. The summed E-state index contributed by atoms with van der Waals surface area (Å²) in [5.74, 6) is 0.0538. The molecule has 0 N–H and O–H groups in total. The quantitative estimate of drug-likeness (QED) is 0.862. The molecule has 1 aliphatic heterocycles. The molecule has 3 rings (SSSR count). The van der Waals surface area contributed by atoms with Gasteiger partial charge in [0.2, 0.25) is 0 Å². The minimum atomic E-state index is 0.0538. The SMILES string of the molecule is O=C(c1cscn1)N1CCCC[C@H]1Cn1cccn1. The van der Waals surface area contributed by atoms with Gasteiger partial charge < -0.3 is 4.90 Å². The summed E-state index contributed by atoms with van der Waals surface area (Å²) in [7, 11) is 0. The molecule has 5 nitrogen and oxygen atoms in total. The van der Waals surface area contributed by atoms with Crippen LogP contribution in [0.25, 0.3) is 0 Å². The molecule has 0 bridgehead atoms. The minimum absolute atomic E-state index is 0.0538.